The highest BCUT2D eigenvalue weighted by atomic mass is 15.0. The van der Waals surface area contributed by atoms with Crippen LogP contribution in [0.1, 0.15) is 61.4 Å². The third-order valence-corrected chi connectivity index (χ3v) is 4.67. The first-order valence-electron chi connectivity index (χ1n) is 7.33. The molecule has 1 aromatic rings. The maximum absolute atomic E-state index is 3.83. The van der Waals surface area contributed by atoms with E-state index in [-0.39, 0.29) is 0 Å². The fourth-order valence-electron chi connectivity index (χ4n) is 3.25. The highest BCUT2D eigenvalue weighted by Gasteiger charge is 2.25. The van der Waals surface area contributed by atoms with Crippen LogP contribution < -0.4 is 5.32 Å². The number of nitrogens with one attached hydrogen (secondary N) is 1. The normalized spacial score (nSPS) is 25.4. The third-order valence-electron chi connectivity index (χ3n) is 4.67. The highest BCUT2D eigenvalue weighted by molar-refractivity contribution is 5.38. The van der Waals surface area contributed by atoms with Crippen LogP contribution in [0.15, 0.2) is 12.1 Å². The minimum Gasteiger partial charge on any atom is -0.307 e. The van der Waals surface area contributed by atoms with Crippen molar-refractivity contribution in [3.05, 3.63) is 34.4 Å². The fraction of sp³-hybridized carbons (Fsp3) is 0.647. The van der Waals surface area contributed by atoms with E-state index in [0.29, 0.717) is 12.1 Å². The van der Waals surface area contributed by atoms with Gasteiger partial charge in [-0.2, -0.15) is 0 Å². The highest BCUT2D eigenvalue weighted by Crippen LogP contribution is 2.28. The molecule has 1 nitrogen and oxygen atoms in total. The van der Waals surface area contributed by atoms with Crippen LogP contribution in [0.4, 0.5) is 0 Å². The largest absolute Gasteiger partial charge is 0.307 e. The van der Waals surface area contributed by atoms with E-state index in [4.69, 9.17) is 0 Å². The molecule has 100 valence electrons. The van der Waals surface area contributed by atoms with Crippen molar-refractivity contribution in [3.63, 3.8) is 0 Å². The second-order valence-corrected chi connectivity index (χ2v) is 6.20. The summed E-state index contributed by atoms with van der Waals surface area (Å²) in [5, 5.41) is 3.83. The monoisotopic (exact) mass is 245 g/mol. The Morgan fingerprint density at radius 2 is 1.72 bits per heavy atom. The predicted octanol–water partition coefficient (Wildman–Crippen LogP) is 4.45. The smallest absolute Gasteiger partial charge is 0.0297 e. The lowest BCUT2D eigenvalue weighted by molar-refractivity contribution is 0.387. The average Bonchev–Trinajstić information content (AvgIpc) is 2.69. The zero-order valence-corrected chi connectivity index (χ0v) is 12.5. The van der Waals surface area contributed by atoms with Crippen molar-refractivity contribution in [2.75, 3.05) is 0 Å². The maximum atomic E-state index is 3.83. The van der Waals surface area contributed by atoms with Crippen molar-refractivity contribution < 1.29 is 0 Å². The Bertz CT molecular complexity index is 422. The van der Waals surface area contributed by atoms with Crippen LogP contribution in [0, 0.1) is 26.7 Å². The van der Waals surface area contributed by atoms with Crippen LogP contribution in [-0.2, 0) is 0 Å². The Hall–Kier alpha value is -0.820. The van der Waals surface area contributed by atoms with Crippen molar-refractivity contribution in [1.82, 2.24) is 5.32 Å². The molecule has 18 heavy (non-hydrogen) atoms. The Labute approximate surface area is 112 Å². The summed E-state index contributed by atoms with van der Waals surface area (Å²) in [6.45, 7) is 11.3. The lowest BCUT2D eigenvalue weighted by atomic mass is 9.95. The molecule has 1 heteroatoms. The first-order valence-corrected chi connectivity index (χ1v) is 7.33. The van der Waals surface area contributed by atoms with Crippen LogP contribution in [0.3, 0.4) is 0 Å². The molecule has 3 unspecified atom stereocenters. The molecule has 0 aliphatic heterocycles. The van der Waals surface area contributed by atoms with Gasteiger partial charge in [-0.05, 0) is 68.7 Å². The second kappa shape index (κ2) is 5.44. The van der Waals surface area contributed by atoms with Crippen molar-refractivity contribution in [3.8, 4) is 0 Å². The first kappa shape index (κ1) is 13.6. The van der Waals surface area contributed by atoms with Crippen LogP contribution in [0.2, 0.25) is 0 Å². The molecule has 1 saturated carbocycles. The fourth-order valence-corrected chi connectivity index (χ4v) is 3.25. The molecule has 2 rings (SSSR count). The average molecular weight is 245 g/mol. The second-order valence-electron chi connectivity index (χ2n) is 6.20. The molecule has 0 radical (unpaired) electrons. The van der Waals surface area contributed by atoms with Gasteiger partial charge < -0.3 is 5.32 Å². The van der Waals surface area contributed by atoms with Crippen molar-refractivity contribution >= 4 is 0 Å². The van der Waals surface area contributed by atoms with E-state index in [0.717, 1.165) is 5.92 Å². The quantitative estimate of drug-likeness (QED) is 0.829. The Kier molecular flexibility index (Phi) is 4.11. The van der Waals surface area contributed by atoms with Crippen LogP contribution in [0.25, 0.3) is 0 Å². The summed E-state index contributed by atoms with van der Waals surface area (Å²) >= 11 is 0. The molecule has 0 spiro atoms. The zero-order chi connectivity index (χ0) is 13.3. The van der Waals surface area contributed by atoms with Crippen LogP contribution >= 0.6 is 0 Å². The Morgan fingerprint density at radius 3 is 2.33 bits per heavy atom. The summed E-state index contributed by atoms with van der Waals surface area (Å²) in [5.74, 6) is 0.833. The van der Waals surface area contributed by atoms with Gasteiger partial charge in [0.15, 0.2) is 0 Å². The Morgan fingerprint density at radius 1 is 1.06 bits per heavy atom. The van der Waals surface area contributed by atoms with Gasteiger partial charge in [0, 0.05) is 12.1 Å². The van der Waals surface area contributed by atoms with Gasteiger partial charge in [0.2, 0.25) is 0 Å². The van der Waals surface area contributed by atoms with Gasteiger partial charge >= 0.3 is 0 Å². The van der Waals surface area contributed by atoms with Gasteiger partial charge in [0.05, 0.1) is 0 Å². The number of aryl methyl sites for hydroxylation is 3. The van der Waals surface area contributed by atoms with Gasteiger partial charge in [-0.3, -0.25) is 0 Å². The standard InChI is InChI=1S/C17H27N/c1-11-7-6-8-17(11)18-15(5)16-10-13(3)12(2)9-14(16)4/h9-11,15,17-18H,6-8H2,1-5H3. The van der Waals surface area contributed by atoms with E-state index in [1.807, 2.05) is 0 Å². The molecule has 0 bridgehead atoms. The summed E-state index contributed by atoms with van der Waals surface area (Å²) in [6.07, 6.45) is 4.11. The molecule has 0 aromatic heterocycles. The van der Waals surface area contributed by atoms with Crippen LogP contribution in [-0.4, -0.2) is 6.04 Å². The topological polar surface area (TPSA) is 12.0 Å². The molecular weight excluding hydrogens is 218 g/mol. The van der Waals surface area contributed by atoms with Crippen molar-refractivity contribution in [2.24, 2.45) is 5.92 Å². The Balaban J connectivity index is 2.13. The number of benzene rings is 1. The van der Waals surface area contributed by atoms with Gasteiger partial charge in [-0.1, -0.05) is 25.5 Å². The lowest BCUT2D eigenvalue weighted by Gasteiger charge is -2.25. The number of hydrogen-bond acceptors (Lipinski definition) is 1. The van der Waals surface area contributed by atoms with Gasteiger partial charge in [0.1, 0.15) is 0 Å². The van der Waals surface area contributed by atoms with E-state index < -0.39 is 0 Å². The molecule has 0 saturated heterocycles. The first-order chi connectivity index (χ1) is 8.49. The minimum atomic E-state index is 0.467. The van der Waals surface area contributed by atoms with Crippen molar-refractivity contribution in [1.29, 1.82) is 0 Å². The van der Waals surface area contributed by atoms with E-state index in [2.05, 4.69) is 52.1 Å². The van der Waals surface area contributed by atoms with Crippen molar-refractivity contribution in [2.45, 2.75) is 66.0 Å². The third kappa shape index (κ3) is 2.77. The van der Waals surface area contributed by atoms with Gasteiger partial charge in [-0.25, -0.2) is 0 Å². The molecular formula is C17H27N. The molecule has 0 heterocycles. The zero-order valence-electron chi connectivity index (χ0n) is 12.5. The van der Waals surface area contributed by atoms with Gasteiger partial charge in [0.25, 0.3) is 0 Å². The lowest BCUT2D eigenvalue weighted by Crippen LogP contribution is -2.33. The molecule has 1 fully saturated rings. The molecule has 0 amide bonds. The summed E-state index contributed by atoms with van der Waals surface area (Å²) in [7, 11) is 0. The summed E-state index contributed by atoms with van der Waals surface area (Å²) in [5.41, 5.74) is 5.70. The molecule has 1 N–H and O–H groups in total. The molecule has 3 atom stereocenters. The molecule has 1 aromatic carbocycles. The van der Waals surface area contributed by atoms with E-state index in [1.165, 1.54) is 41.5 Å². The summed E-state index contributed by atoms with van der Waals surface area (Å²) in [6, 6.07) is 5.86. The summed E-state index contributed by atoms with van der Waals surface area (Å²) in [4.78, 5) is 0. The minimum absolute atomic E-state index is 0.467. The molecule has 1 aliphatic rings. The predicted molar refractivity (Wildman–Crippen MR) is 79.0 cm³/mol. The number of rotatable bonds is 3. The van der Waals surface area contributed by atoms with Crippen LogP contribution in [0.5, 0.6) is 0 Å². The number of hydrogen-bond donors (Lipinski definition) is 1. The van der Waals surface area contributed by atoms with E-state index in [1.54, 1.807) is 0 Å². The summed E-state index contributed by atoms with van der Waals surface area (Å²) < 4.78 is 0. The SMILES string of the molecule is Cc1cc(C)c(C(C)NC2CCCC2C)cc1C. The van der Waals surface area contributed by atoms with E-state index in [9.17, 15) is 0 Å². The van der Waals surface area contributed by atoms with Gasteiger partial charge in [-0.15, -0.1) is 0 Å². The maximum Gasteiger partial charge on any atom is 0.0297 e. The van der Waals surface area contributed by atoms with E-state index >= 15 is 0 Å². The molecule has 1 aliphatic carbocycles.